The van der Waals surface area contributed by atoms with Crippen LogP contribution in [0.5, 0.6) is 0 Å². The minimum absolute atomic E-state index is 0.111. The van der Waals surface area contributed by atoms with E-state index in [9.17, 15) is 9.59 Å². The molecule has 0 aromatic heterocycles. The Morgan fingerprint density at radius 3 is 2.38 bits per heavy atom. The van der Waals surface area contributed by atoms with E-state index < -0.39 is 13.7 Å². The molecule has 4 nitrogen and oxygen atoms in total. The molecule has 2 fully saturated rings. The van der Waals surface area contributed by atoms with E-state index in [-0.39, 0.29) is 28.3 Å². The van der Waals surface area contributed by atoms with Crippen LogP contribution >= 0.6 is 0 Å². The van der Waals surface area contributed by atoms with Crippen molar-refractivity contribution in [3.63, 3.8) is 0 Å². The lowest BCUT2D eigenvalue weighted by Gasteiger charge is -2.56. The molecule has 5 heteroatoms. The second kappa shape index (κ2) is 7.05. The Morgan fingerprint density at radius 1 is 1.23 bits per heavy atom. The van der Waals surface area contributed by atoms with E-state index in [0.29, 0.717) is 18.8 Å². The van der Waals surface area contributed by atoms with Gasteiger partial charge in [-0.25, -0.2) is 0 Å². The van der Waals surface area contributed by atoms with Crippen LogP contribution in [0.3, 0.4) is 0 Å². The number of hydrogen-bond acceptors (Lipinski definition) is 4. The minimum atomic E-state index is -1.92. The average Bonchev–Trinajstić information content (AvgIpc) is 2.51. The maximum Gasteiger partial charge on any atom is 0.311 e. The summed E-state index contributed by atoms with van der Waals surface area (Å²) < 4.78 is 11.6. The first-order chi connectivity index (χ1) is 11.8. The van der Waals surface area contributed by atoms with Gasteiger partial charge in [-0.15, -0.1) is 0 Å². The highest BCUT2D eigenvalue weighted by Gasteiger charge is 2.59. The van der Waals surface area contributed by atoms with Gasteiger partial charge < -0.3 is 9.16 Å². The Bertz CT molecular complexity index is 565. The molecule has 0 spiro atoms. The van der Waals surface area contributed by atoms with E-state index in [1.807, 2.05) is 6.92 Å². The Hall–Kier alpha value is -0.683. The van der Waals surface area contributed by atoms with E-state index in [2.05, 4.69) is 40.8 Å². The summed E-state index contributed by atoms with van der Waals surface area (Å²) in [7, 11) is -0.438. The number of esters is 1. The summed E-state index contributed by atoms with van der Waals surface area (Å²) in [5.41, 5.74) is -0.670. The van der Waals surface area contributed by atoms with Crippen LogP contribution in [0.25, 0.3) is 0 Å². The summed E-state index contributed by atoms with van der Waals surface area (Å²) in [6.07, 6.45) is 4.14. The average molecular weight is 383 g/mol. The number of fused-ring (bicyclic) bond motifs is 1. The fourth-order valence-electron chi connectivity index (χ4n) is 5.08. The topological polar surface area (TPSA) is 52.6 Å². The third-order valence-corrected chi connectivity index (χ3v) is 12.4. The molecular formula is C21H38O4Si. The Kier molecular flexibility index (Phi) is 5.86. The molecule has 0 bridgehead atoms. The van der Waals surface area contributed by atoms with Crippen molar-refractivity contribution in [3.8, 4) is 0 Å². The molecule has 150 valence electrons. The molecule has 0 unspecified atom stereocenters. The van der Waals surface area contributed by atoms with E-state index in [1.165, 1.54) is 7.11 Å². The molecule has 0 aromatic carbocycles. The van der Waals surface area contributed by atoms with Crippen molar-refractivity contribution >= 4 is 20.1 Å². The van der Waals surface area contributed by atoms with E-state index in [1.54, 1.807) is 0 Å². The van der Waals surface area contributed by atoms with Gasteiger partial charge in [-0.1, -0.05) is 34.1 Å². The predicted octanol–water partition coefficient (Wildman–Crippen LogP) is 4.97. The highest BCUT2D eigenvalue weighted by Crippen LogP contribution is 2.59. The predicted molar refractivity (Wildman–Crippen MR) is 106 cm³/mol. The molecule has 4 atom stereocenters. The zero-order valence-electron chi connectivity index (χ0n) is 18.0. The maximum atomic E-state index is 12.9. The molecule has 2 aliphatic carbocycles. The molecule has 0 saturated heterocycles. The number of carbonyl (C=O) groups is 2. The second-order valence-electron chi connectivity index (χ2n) is 10.4. The van der Waals surface area contributed by atoms with Crippen LogP contribution in [-0.2, 0) is 18.8 Å². The molecule has 0 aromatic rings. The highest BCUT2D eigenvalue weighted by atomic mass is 28.4. The lowest BCUT2D eigenvalue weighted by molar-refractivity contribution is -0.174. The minimum Gasteiger partial charge on any atom is -0.469 e. The lowest BCUT2D eigenvalue weighted by Crippen LogP contribution is -2.57. The van der Waals surface area contributed by atoms with Crippen molar-refractivity contribution in [1.82, 2.24) is 0 Å². The summed E-state index contributed by atoms with van der Waals surface area (Å²) in [6, 6.07) is 0. The normalized spacial score (nSPS) is 35.8. The van der Waals surface area contributed by atoms with Crippen LogP contribution in [0.4, 0.5) is 0 Å². The van der Waals surface area contributed by atoms with Crippen molar-refractivity contribution < 1.29 is 18.8 Å². The smallest absolute Gasteiger partial charge is 0.311 e. The number of Topliss-reactive ketones (excluding diaryl/α,β-unsaturated/α-hetero) is 1. The molecule has 26 heavy (non-hydrogen) atoms. The van der Waals surface area contributed by atoms with Gasteiger partial charge in [0.2, 0.25) is 0 Å². The summed E-state index contributed by atoms with van der Waals surface area (Å²) in [6.45, 7) is 15.9. The van der Waals surface area contributed by atoms with Gasteiger partial charge >= 0.3 is 5.97 Å². The standard InChI is InChI=1S/C21H38O4Si/c1-19(2,3)26(7,8)25-14-15-16(22)10-11-17-20(15,4)12-9-13-21(17,5)18(23)24-6/h15,17H,9-14H2,1-8H3/t15-,17+,20+,21-/m0/s1. The van der Waals surface area contributed by atoms with Crippen molar-refractivity contribution in [1.29, 1.82) is 0 Å². The largest absolute Gasteiger partial charge is 0.469 e. The SMILES string of the molecule is COC(=O)[C@@]1(C)CCC[C@@]2(C)[C@H]1CCC(=O)[C@@H]2CO[Si](C)(C)C(C)(C)C. The third-order valence-electron chi connectivity index (χ3n) is 7.91. The summed E-state index contributed by atoms with van der Waals surface area (Å²) in [4.78, 5) is 25.5. The van der Waals surface area contributed by atoms with Crippen molar-refractivity contribution in [2.24, 2.45) is 22.7 Å². The van der Waals surface area contributed by atoms with Crippen LogP contribution in [0, 0.1) is 22.7 Å². The van der Waals surface area contributed by atoms with Crippen LogP contribution < -0.4 is 0 Å². The van der Waals surface area contributed by atoms with Crippen LogP contribution in [0.15, 0.2) is 0 Å². The van der Waals surface area contributed by atoms with Crippen LogP contribution in [-0.4, -0.2) is 33.8 Å². The van der Waals surface area contributed by atoms with Gasteiger partial charge in [-0.05, 0) is 55.7 Å². The van der Waals surface area contributed by atoms with Crippen molar-refractivity contribution in [2.45, 2.75) is 84.9 Å². The first kappa shape index (κ1) is 21.6. The number of methoxy groups -OCH3 is 1. The molecule has 0 N–H and O–H groups in total. The molecule has 2 saturated carbocycles. The fourth-order valence-corrected chi connectivity index (χ4v) is 6.09. The zero-order valence-corrected chi connectivity index (χ0v) is 19.0. The highest BCUT2D eigenvalue weighted by molar-refractivity contribution is 6.74. The quantitative estimate of drug-likeness (QED) is 0.509. The number of carbonyl (C=O) groups excluding carboxylic acids is 2. The Morgan fingerprint density at radius 2 is 1.85 bits per heavy atom. The van der Waals surface area contributed by atoms with Crippen LogP contribution in [0.1, 0.15) is 66.7 Å². The first-order valence-electron chi connectivity index (χ1n) is 10.0. The Labute approximate surface area is 160 Å². The Balaban J connectivity index is 2.29. The van der Waals surface area contributed by atoms with Gasteiger partial charge in [0.15, 0.2) is 8.32 Å². The third kappa shape index (κ3) is 3.53. The molecule has 2 rings (SSSR count). The number of rotatable bonds is 4. The zero-order chi connectivity index (χ0) is 20.0. The summed E-state index contributed by atoms with van der Waals surface area (Å²) in [5, 5.41) is 0.123. The number of hydrogen-bond donors (Lipinski definition) is 0. The summed E-state index contributed by atoms with van der Waals surface area (Å²) >= 11 is 0. The maximum absolute atomic E-state index is 12.9. The van der Waals surface area contributed by atoms with Gasteiger partial charge in [0.1, 0.15) is 5.78 Å². The van der Waals surface area contributed by atoms with Crippen LogP contribution in [0.2, 0.25) is 18.1 Å². The number of ketones is 1. The second-order valence-corrected chi connectivity index (χ2v) is 15.3. The van der Waals surface area contributed by atoms with Gasteiger partial charge in [0.05, 0.1) is 12.5 Å². The van der Waals surface area contributed by atoms with E-state index >= 15 is 0 Å². The van der Waals surface area contributed by atoms with Gasteiger partial charge in [0.25, 0.3) is 0 Å². The summed E-state index contributed by atoms with van der Waals surface area (Å²) in [5.74, 6) is 0.269. The lowest BCUT2D eigenvalue weighted by atomic mass is 9.48. The van der Waals surface area contributed by atoms with Gasteiger partial charge in [0, 0.05) is 18.9 Å². The number of ether oxygens (including phenoxy) is 1. The molecule has 2 aliphatic rings. The van der Waals surface area contributed by atoms with E-state index in [4.69, 9.17) is 9.16 Å². The molecular weight excluding hydrogens is 344 g/mol. The monoisotopic (exact) mass is 382 g/mol. The van der Waals surface area contributed by atoms with E-state index in [0.717, 1.165) is 25.7 Å². The molecule has 0 radical (unpaired) electrons. The van der Waals surface area contributed by atoms with Crippen molar-refractivity contribution in [3.05, 3.63) is 0 Å². The first-order valence-corrected chi connectivity index (χ1v) is 13.0. The molecule has 0 heterocycles. The molecule has 0 amide bonds. The van der Waals surface area contributed by atoms with Gasteiger partial charge in [-0.3, -0.25) is 9.59 Å². The fraction of sp³-hybridized carbons (Fsp3) is 0.905. The van der Waals surface area contributed by atoms with Gasteiger partial charge in [-0.2, -0.15) is 0 Å². The molecule has 0 aliphatic heterocycles. The van der Waals surface area contributed by atoms with Crippen molar-refractivity contribution in [2.75, 3.05) is 13.7 Å².